The van der Waals surface area contributed by atoms with E-state index < -0.39 is 5.97 Å². The number of rotatable bonds is 6. The van der Waals surface area contributed by atoms with Crippen molar-refractivity contribution in [1.29, 1.82) is 0 Å². The van der Waals surface area contributed by atoms with Crippen LogP contribution >= 0.6 is 0 Å². The van der Waals surface area contributed by atoms with Gasteiger partial charge >= 0.3 is 5.97 Å². The molecule has 1 saturated heterocycles. The van der Waals surface area contributed by atoms with E-state index in [1.807, 2.05) is 12.1 Å². The minimum Gasteiger partial charge on any atom is -0.461 e. The molecule has 1 saturated carbocycles. The fourth-order valence-corrected chi connectivity index (χ4v) is 5.21. The van der Waals surface area contributed by atoms with Crippen LogP contribution in [0.1, 0.15) is 53.8 Å². The number of carbonyl (C=O) groups is 1. The number of ether oxygens (including phenoxy) is 2. The number of fused-ring (bicyclic) bond motifs is 1. The average molecular weight is 515 g/mol. The number of carbonyl (C=O) groups excluding carboxylic acids is 1. The van der Waals surface area contributed by atoms with Gasteiger partial charge in [0.15, 0.2) is 11.3 Å². The van der Waals surface area contributed by atoms with E-state index in [9.17, 15) is 9.18 Å². The predicted octanol–water partition coefficient (Wildman–Crippen LogP) is 5.82. The van der Waals surface area contributed by atoms with Crippen LogP contribution in [0, 0.1) is 12.7 Å². The molecule has 0 atom stereocenters. The molecular weight excluding hydrogens is 483 g/mol. The van der Waals surface area contributed by atoms with Crippen LogP contribution < -0.4 is 4.90 Å². The zero-order valence-electron chi connectivity index (χ0n) is 21.7. The molecule has 1 aliphatic carbocycles. The molecule has 2 aromatic heterocycles. The van der Waals surface area contributed by atoms with Crippen molar-refractivity contribution in [3.8, 4) is 16.8 Å². The lowest BCUT2D eigenvalue weighted by atomic mass is 9.81. The van der Waals surface area contributed by atoms with Crippen LogP contribution in [0.5, 0.6) is 0 Å². The monoisotopic (exact) mass is 514 g/mol. The Balaban J connectivity index is 1.55. The van der Waals surface area contributed by atoms with Gasteiger partial charge in [-0.3, -0.25) is 0 Å². The van der Waals surface area contributed by atoms with Crippen LogP contribution in [0.2, 0.25) is 0 Å². The highest BCUT2D eigenvalue weighted by Crippen LogP contribution is 2.43. The van der Waals surface area contributed by atoms with Gasteiger partial charge < -0.3 is 14.4 Å². The minimum atomic E-state index is -0.492. The summed E-state index contributed by atoms with van der Waals surface area (Å²) in [6, 6.07) is 15.3. The van der Waals surface area contributed by atoms with Crippen LogP contribution in [0.15, 0.2) is 48.5 Å². The molecule has 0 N–H and O–H groups in total. The van der Waals surface area contributed by atoms with Crippen molar-refractivity contribution in [3.63, 3.8) is 0 Å². The summed E-state index contributed by atoms with van der Waals surface area (Å²) in [4.78, 5) is 19.9. The van der Waals surface area contributed by atoms with E-state index >= 15 is 0 Å². The Morgan fingerprint density at radius 3 is 2.47 bits per heavy atom. The number of pyridine rings is 1. The number of nitrogens with zero attached hydrogens (tertiary/aromatic N) is 4. The minimum absolute atomic E-state index is 0.209. The average Bonchev–Trinajstić information content (AvgIpc) is 3.28. The van der Waals surface area contributed by atoms with E-state index in [1.165, 1.54) is 6.07 Å². The Labute approximate surface area is 221 Å². The van der Waals surface area contributed by atoms with E-state index in [-0.39, 0.29) is 18.1 Å². The van der Waals surface area contributed by atoms with Crippen LogP contribution in [-0.4, -0.2) is 53.6 Å². The molecule has 8 heteroatoms. The van der Waals surface area contributed by atoms with Crippen molar-refractivity contribution in [1.82, 2.24) is 14.8 Å². The zero-order valence-corrected chi connectivity index (χ0v) is 21.7. The van der Waals surface area contributed by atoms with Gasteiger partial charge in [0.05, 0.1) is 36.6 Å². The molecule has 6 rings (SSSR count). The molecule has 7 nitrogen and oxygen atoms in total. The lowest BCUT2D eigenvalue weighted by molar-refractivity contribution is 0.0520. The molecule has 0 amide bonds. The third-order valence-electron chi connectivity index (χ3n) is 7.60. The van der Waals surface area contributed by atoms with Gasteiger partial charge in [0.2, 0.25) is 0 Å². The maximum Gasteiger partial charge on any atom is 0.357 e. The number of morpholine rings is 1. The van der Waals surface area contributed by atoms with Crippen LogP contribution in [0.4, 0.5) is 10.1 Å². The summed E-state index contributed by atoms with van der Waals surface area (Å²) in [5, 5.41) is 5.89. The van der Waals surface area contributed by atoms with Crippen molar-refractivity contribution in [3.05, 3.63) is 71.3 Å². The number of aromatic nitrogens is 3. The second-order valence-electron chi connectivity index (χ2n) is 9.98. The van der Waals surface area contributed by atoms with Crippen molar-refractivity contribution in [2.75, 3.05) is 37.8 Å². The first-order chi connectivity index (χ1) is 18.5. The molecule has 3 heterocycles. The van der Waals surface area contributed by atoms with Gasteiger partial charge in [-0.15, -0.1) is 0 Å². The lowest BCUT2D eigenvalue weighted by Crippen LogP contribution is -2.36. The summed E-state index contributed by atoms with van der Waals surface area (Å²) in [5.41, 5.74) is 5.81. The topological polar surface area (TPSA) is 69.5 Å². The number of aryl methyl sites for hydroxylation is 1. The van der Waals surface area contributed by atoms with Gasteiger partial charge in [-0.1, -0.05) is 24.6 Å². The van der Waals surface area contributed by atoms with Crippen molar-refractivity contribution in [2.45, 2.75) is 39.0 Å². The third kappa shape index (κ3) is 4.43. The maximum absolute atomic E-state index is 14.6. The van der Waals surface area contributed by atoms with Gasteiger partial charge in [0, 0.05) is 24.7 Å². The number of halogens is 1. The summed E-state index contributed by atoms with van der Waals surface area (Å²) in [6.45, 7) is 6.91. The van der Waals surface area contributed by atoms with Crippen LogP contribution in [0.25, 0.3) is 27.8 Å². The van der Waals surface area contributed by atoms with Gasteiger partial charge in [-0.05, 0) is 73.7 Å². The Bertz CT molecular complexity index is 1490. The van der Waals surface area contributed by atoms with E-state index in [1.54, 1.807) is 24.6 Å². The van der Waals surface area contributed by atoms with E-state index in [4.69, 9.17) is 19.6 Å². The molecule has 0 spiro atoms. The summed E-state index contributed by atoms with van der Waals surface area (Å²) in [7, 11) is 0. The molecular formula is C30H31FN4O3. The smallest absolute Gasteiger partial charge is 0.357 e. The first-order valence-corrected chi connectivity index (χ1v) is 13.3. The largest absolute Gasteiger partial charge is 0.461 e. The summed E-state index contributed by atoms with van der Waals surface area (Å²) >= 11 is 0. The second-order valence-corrected chi connectivity index (χ2v) is 9.98. The van der Waals surface area contributed by atoms with Crippen LogP contribution in [0.3, 0.4) is 0 Å². The Morgan fingerprint density at radius 1 is 1.08 bits per heavy atom. The molecule has 0 bridgehead atoms. The van der Waals surface area contributed by atoms with Crippen molar-refractivity contribution in [2.24, 2.45) is 0 Å². The van der Waals surface area contributed by atoms with Gasteiger partial charge in [0.25, 0.3) is 0 Å². The molecule has 2 aromatic carbocycles. The van der Waals surface area contributed by atoms with Crippen LogP contribution in [-0.2, 0) is 9.47 Å². The number of hydrogen-bond donors (Lipinski definition) is 0. The lowest BCUT2D eigenvalue weighted by Gasteiger charge is -2.29. The number of benzene rings is 2. The molecule has 196 valence electrons. The fraction of sp³-hybridized carbons (Fsp3) is 0.367. The fourth-order valence-electron chi connectivity index (χ4n) is 5.21. The quantitative estimate of drug-likeness (QED) is 0.302. The third-order valence-corrected chi connectivity index (χ3v) is 7.60. The number of anilines is 1. The van der Waals surface area contributed by atoms with E-state index in [2.05, 4.69) is 29.2 Å². The van der Waals surface area contributed by atoms with E-state index in [0.717, 1.165) is 73.5 Å². The first kappa shape index (κ1) is 24.6. The maximum atomic E-state index is 14.6. The molecule has 38 heavy (non-hydrogen) atoms. The Hall–Kier alpha value is -3.78. The predicted molar refractivity (Wildman–Crippen MR) is 145 cm³/mol. The molecule has 1 aliphatic heterocycles. The Morgan fingerprint density at radius 2 is 1.82 bits per heavy atom. The summed E-state index contributed by atoms with van der Waals surface area (Å²) < 4.78 is 27.1. The van der Waals surface area contributed by atoms with Gasteiger partial charge in [0.1, 0.15) is 5.82 Å². The second kappa shape index (κ2) is 10.2. The highest BCUT2D eigenvalue weighted by molar-refractivity contribution is 6.00. The highest BCUT2D eigenvalue weighted by atomic mass is 19.1. The molecule has 0 radical (unpaired) electrons. The molecule has 4 aromatic rings. The number of esters is 1. The highest BCUT2D eigenvalue weighted by Gasteiger charge is 2.29. The Kier molecular flexibility index (Phi) is 6.57. The first-order valence-electron chi connectivity index (χ1n) is 13.3. The van der Waals surface area contributed by atoms with Gasteiger partial charge in [-0.25, -0.2) is 18.9 Å². The molecule has 0 unspecified atom stereocenters. The zero-order chi connectivity index (χ0) is 26.2. The standard InChI is InChI=1S/C30H31FN4O3/c1-3-38-30(36)26-18-24(20-8-11-22(12-9-20)34-13-15-37-16-14-34)27-28(21-5-4-6-21)33-35(29(27)32-26)23-10-7-19(2)25(31)17-23/h7-12,17-18,21H,3-6,13-16H2,1-2H3. The van der Waals surface area contributed by atoms with Crippen molar-refractivity contribution >= 4 is 22.7 Å². The van der Waals surface area contributed by atoms with E-state index in [0.29, 0.717) is 22.8 Å². The number of hydrogen-bond acceptors (Lipinski definition) is 6. The normalized spacial score (nSPS) is 16.0. The summed E-state index contributed by atoms with van der Waals surface area (Å²) in [5.74, 6) is -0.499. The van der Waals surface area contributed by atoms with Crippen molar-refractivity contribution < 1.29 is 18.7 Å². The SMILES string of the molecule is CCOC(=O)c1cc(-c2ccc(N3CCOCC3)cc2)c2c(C3CCC3)nn(-c3ccc(C)c(F)c3)c2n1. The summed E-state index contributed by atoms with van der Waals surface area (Å²) in [6.07, 6.45) is 3.24. The van der Waals surface area contributed by atoms with Gasteiger partial charge in [-0.2, -0.15) is 5.10 Å². The molecule has 2 fully saturated rings. The molecule has 2 aliphatic rings.